The Morgan fingerprint density at radius 2 is 1.81 bits per heavy atom. The van der Waals surface area contributed by atoms with E-state index in [0.29, 0.717) is 17.8 Å². The van der Waals surface area contributed by atoms with Crippen LogP contribution in [0.15, 0.2) is 66.7 Å². The first-order chi connectivity index (χ1) is 14.8. The minimum Gasteiger partial charge on any atom is -0.489 e. The van der Waals surface area contributed by atoms with E-state index < -0.39 is 12.1 Å². The molecule has 3 aromatic carbocycles. The highest BCUT2D eigenvalue weighted by Crippen LogP contribution is 2.27. The first-order valence-electron chi connectivity index (χ1n) is 9.58. The second-order valence-corrected chi connectivity index (χ2v) is 6.88. The molecule has 31 heavy (non-hydrogen) atoms. The Hall–Kier alpha value is -4.07. The van der Waals surface area contributed by atoms with Crippen LogP contribution in [0.25, 0.3) is 10.8 Å². The van der Waals surface area contributed by atoms with Crippen LogP contribution in [0.1, 0.15) is 12.5 Å². The number of ether oxygens (including phenoxy) is 2. The molecule has 0 spiro atoms. The fraction of sp³-hybridized carbons (Fsp3) is 0.174. The van der Waals surface area contributed by atoms with E-state index in [1.165, 1.54) is 0 Å². The van der Waals surface area contributed by atoms with Crippen LogP contribution in [0.4, 0.5) is 10.5 Å². The molecule has 1 atom stereocenters. The molecule has 0 aliphatic carbocycles. The molecule has 8 nitrogen and oxygen atoms in total. The molecular formula is C23H23N3O5. The van der Waals surface area contributed by atoms with Gasteiger partial charge in [-0.2, -0.15) is 0 Å². The fourth-order valence-electron chi connectivity index (χ4n) is 3.14. The fourth-order valence-corrected chi connectivity index (χ4v) is 3.14. The molecule has 4 N–H and O–H groups in total. The lowest BCUT2D eigenvalue weighted by atomic mass is 10.1. The monoisotopic (exact) mass is 421 g/mol. The van der Waals surface area contributed by atoms with Crippen LogP contribution >= 0.6 is 0 Å². The van der Waals surface area contributed by atoms with Gasteiger partial charge < -0.3 is 20.3 Å². The number of carboxylic acid groups (broad SMARTS) is 1. The maximum absolute atomic E-state index is 12.2. The third-order valence-corrected chi connectivity index (χ3v) is 4.54. The van der Waals surface area contributed by atoms with Gasteiger partial charge in [0.05, 0.1) is 6.54 Å². The summed E-state index contributed by atoms with van der Waals surface area (Å²) in [4.78, 5) is 22.8. The number of amidine groups is 1. The number of nitrogen functional groups attached to an aromatic ring is 1. The molecule has 1 fully saturated rings. The number of carbonyl (C=O) groups is 2. The summed E-state index contributed by atoms with van der Waals surface area (Å²) in [5.41, 5.74) is 6.78. The Balaban J connectivity index is 0.000000628. The number of fused-ring (bicyclic) bond motifs is 1. The summed E-state index contributed by atoms with van der Waals surface area (Å²) in [6, 6.07) is 20.8. The molecule has 1 amide bonds. The number of nitrogens with two attached hydrogens (primary N) is 1. The second-order valence-electron chi connectivity index (χ2n) is 6.88. The van der Waals surface area contributed by atoms with Gasteiger partial charge in [0.15, 0.2) is 6.10 Å². The molecule has 1 heterocycles. The molecule has 8 heteroatoms. The minimum absolute atomic E-state index is 0.00749. The Kier molecular flexibility index (Phi) is 6.71. The summed E-state index contributed by atoms with van der Waals surface area (Å²) in [6.07, 6.45) is -0.763. The summed E-state index contributed by atoms with van der Waals surface area (Å²) in [5, 5.41) is 17.0. The van der Waals surface area contributed by atoms with Crippen LogP contribution in [-0.2, 0) is 9.53 Å². The molecule has 3 aromatic rings. The van der Waals surface area contributed by atoms with Gasteiger partial charge in [0.1, 0.15) is 18.2 Å². The average Bonchev–Trinajstić information content (AvgIpc) is 3.12. The molecule has 1 aliphatic heterocycles. The van der Waals surface area contributed by atoms with E-state index in [-0.39, 0.29) is 18.5 Å². The summed E-state index contributed by atoms with van der Waals surface area (Å²) >= 11 is 0. The number of cyclic esters (lactones) is 1. The SMILES string of the molecule is CC(=O)O.N=C(N)c1ccc(N2CC(COc3cccc4ccccc34)OC2=O)cc1. The maximum Gasteiger partial charge on any atom is 0.414 e. The molecule has 0 bridgehead atoms. The van der Waals surface area contributed by atoms with Gasteiger partial charge >= 0.3 is 6.09 Å². The lowest BCUT2D eigenvalue weighted by Crippen LogP contribution is -2.26. The third-order valence-electron chi connectivity index (χ3n) is 4.54. The van der Waals surface area contributed by atoms with Crippen molar-refractivity contribution in [3.63, 3.8) is 0 Å². The molecule has 1 saturated heterocycles. The third kappa shape index (κ3) is 5.51. The minimum atomic E-state index is -0.833. The summed E-state index contributed by atoms with van der Waals surface area (Å²) < 4.78 is 11.4. The van der Waals surface area contributed by atoms with Crippen LogP contribution in [0.2, 0.25) is 0 Å². The van der Waals surface area contributed by atoms with Crippen LogP contribution in [0.3, 0.4) is 0 Å². The summed E-state index contributed by atoms with van der Waals surface area (Å²) in [5.74, 6) is -0.0691. The maximum atomic E-state index is 12.2. The van der Waals surface area contributed by atoms with E-state index in [4.69, 9.17) is 30.5 Å². The Morgan fingerprint density at radius 1 is 1.16 bits per heavy atom. The standard InChI is InChI=1S/C21H19N3O3.C2H4O2/c22-20(23)15-8-10-16(11-9-15)24-12-17(27-21(24)25)13-26-19-7-3-5-14-4-1-2-6-18(14)19;1-2(3)4/h1-11,17H,12-13H2,(H3,22,23);1H3,(H,3,4). The highest BCUT2D eigenvalue weighted by Gasteiger charge is 2.32. The topological polar surface area (TPSA) is 126 Å². The van der Waals surface area contributed by atoms with E-state index in [2.05, 4.69) is 0 Å². The molecule has 1 unspecified atom stereocenters. The van der Waals surface area contributed by atoms with Gasteiger partial charge in [-0.3, -0.25) is 15.1 Å². The van der Waals surface area contributed by atoms with Gasteiger partial charge in [0.2, 0.25) is 0 Å². The zero-order valence-electron chi connectivity index (χ0n) is 16.9. The van der Waals surface area contributed by atoms with E-state index in [9.17, 15) is 4.79 Å². The number of rotatable bonds is 5. The quantitative estimate of drug-likeness (QED) is 0.427. The first-order valence-corrected chi connectivity index (χ1v) is 9.58. The van der Waals surface area contributed by atoms with Crippen LogP contribution in [-0.4, -0.2) is 42.3 Å². The number of hydrogen-bond acceptors (Lipinski definition) is 5. The van der Waals surface area contributed by atoms with Gasteiger partial charge in [-0.1, -0.05) is 36.4 Å². The number of carbonyl (C=O) groups excluding carboxylic acids is 1. The van der Waals surface area contributed by atoms with Crippen molar-refractivity contribution in [2.24, 2.45) is 5.73 Å². The van der Waals surface area contributed by atoms with Gasteiger partial charge in [-0.15, -0.1) is 0 Å². The zero-order chi connectivity index (χ0) is 22.4. The normalized spacial score (nSPS) is 15.1. The predicted molar refractivity (Wildman–Crippen MR) is 118 cm³/mol. The largest absolute Gasteiger partial charge is 0.489 e. The van der Waals surface area contributed by atoms with Crippen molar-refractivity contribution in [3.8, 4) is 5.75 Å². The highest BCUT2D eigenvalue weighted by atomic mass is 16.6. The smallest absolute Gasteiger partial charge is 0.414 e. The average molecular weight is 421 g/mol. The van der Waals surface area contributed by atoms with E-state index in [1.54, 1.807) is 29.2 Å². The van der Waals surface area contributed by atoms with Crippen molar-refractivity contribution in [3.05, 3.63) is 72.3 Å². The lowest BCUT2D eigenvalue weighted by molar-refractivity contribution is -0.134. The highest BCUT2D eigenvalue weighted by molar-refractivity contribution is 5.96. The van der Waals surface area contributed by atoms with Crippen molar-refractivity contribution < 1.29 is 24.2 Å². The number of nitrogens with zero attached hydrogens (tertiary/aromatic N) is 1. The van der Waals surface area contributed by atoms with Crippen molar-refractivity contribution in [1.82, 2.24) is 0 Å². The van der Waals surface area contributed by atoms with Crippen LogP contribution < -0.4 is 15.4 Å². The van der Waals surface area contributed by atoms with Crippen molar-refractivity contribution in [1.29, 1.82) is 5.41 Å². The first kappa shape index (κ1) is 21.6. The number of aliphatic carboxylic acids is 1. The second kappa shape index (κ2) is 9.62. The van der Waals surface area contributed by atoms with Crippen molar-refractivity contribution in [2.45, 2.75) is 13.0 Å². The van der Waals surface area contributed by atoms with Gasteiger partial charge in [-0.25, -0.2) is 4.79 Å². The lowest BCUT2D eigenvalue weighted by Gasteiger charge is -2.14. The van der Waals surface area contributed by atoms with Crippen molar-refractivity contribution in [2.75, 3.05) is 18.1 Å². The Labute approximate surface area is 179 Å². The number of nitrogens with one attached hydrogen (secondary N) is 1. The van der Waals surface area contributed by atoms with Gasteiger partial charge in [0, 0.05) is 23.6 Å². The number of carboxylic acids is 1. The number of benzene rings is 3. The number of amides is 1. The van der Waals surface area contributed by atoms with E-state index >= 15 is 0 Å². The number of hydrogen-bond donors (Lipinski definition) is 3. The molecule has 160 valence electrons. The summed E-state index contributed by atoms with van der Waals surface area (Å²) in [6.45, 7) is 1.77. The molecule has 0 saturated carbocycles. The number of anilines is 1. The Bertz CT molecular complexity index is 1090. The molecule has 0 aromatic heterocycles. The molecular weight excluding hydrogens is 398 g/mol. The Morgan fingerprint density at radius 3 is 2.48 bits per heavy atom. The molecule has 1 aliphatic rings. The molecule has 0 radical (unpaired) electrons. The predicted octanol–water partition coefficient (Wildman–Crippen LogP) is 3.62. The summed E-state index contributed by atoms with van der Waals surface area (Å²) in [7, 11) is 0. The van der Waals surface area contributed by atoms with Gasteiger partial charge in [0.25, 0.3) is 5.97 Å². The van der Waals surface area contributed by atoms with Gasteiger partial charge in [-0.05, 0) is 35.7 Å². The van der Waals surface area contributed by atoms with E-state index in [1.807, 2.05) is 42.5 Å². The van der Waals surface area contributed by atoms with E-state index in [0.717, 1.165) is 23.4 Å². The molecule has 4 rings (SSSR count). The van der Waals surface area contributed by atoms with Crippen LogP contribution in [0.5, 0.6) is 5.75 Å². The van der Waals surface area contributed by atoms with Crippen LogP contribution in [0, 0.1) is 5.41 Å². The van der Waals surface area contributed by atoms with Crippen molar-refractivity contribution >= 4 is 34.4 Å². The zero-order valence-corrected chi connectivity index (χ0v) is 16.9.